The Morgan fingerprint density at radius 1 is 1.33 bits per heavy atom. The van der Waals surface area contributed by atoms with Crippen LogP contribution in [0.1, 0.15) is 32.6 Å². The van der Waals surface area contributed by atoms with Crippen molar-refractivity contribution in [3.8, 4) is 0 Å². The SMILES string of the molecule is CCCCC[C@@H](CO)OCOC. The number of hydrogen-bond acceptors (Lipinski definition) is 3. The van der Waals surface area contributed by atoms with Gasteiger partial charge in [-0.2, -0.15) is 0 Å². The zero-order valence-corrected chi connectivity index (χ0v) is 8.08. The van der Waals surface area contributed by atoms with Crippen molar-refractivity contribution < 1.29 is 14.6 Å². The van der Waals surface area contributed by atoms with Crippen LogP contribution in [-0.4, -0.2) is 31.7 Å². The molecule has 74 valence electrons. The van der Waals surface area contributed by atoms with Crippen molar-refractivity contribution in [2.45, 2.75) is 38.7 Å². The van der Waals surface area contributed by atoms with Gasteiger partial charge in [0.05, 0.1) is 12.7 Å². The Labute approximate surface area is 74.7 Å². The molecule has 0 saturated carbocycles. The van der Waals surface area contributed by atoms with Gasteiger partial charge in [0.2, 0.25) is 0 Å². The Morgan fingerprint density at radius 3 is 2.58 bits per heavy atom. The molecule has 0 unspecified atom stereocenters. The number of unbranched alkanes of at least 4 members (excludes halogenated alkanes) is 2. The topological polar surface area (TPSA) is 38.7 Å². The maximum absolute atomic E-state index is 8.87. The molecule has 0 saturated heterocycles. The quantitative estimate of drug-likeness (QED) is 0.450. The van der Waals surface area contributed by atoms with Crippen LogP contribution in [0.4, 0.5) is 0 Å². The highest BCUT2D eigenvalue weighted by molar-refractivity contribution is 4.54. The first-order valence-corrected chi connectivity index (χ1v) is 4.56. The van der Waals surface area contributed by atoms with Crippen LogP contribution >= 0.6 is 0 Å². The fourth-order valence-electron chi connectivity index (χ4n) is 1.01. The van der Waals surface area contributed by atoms with Crippen molar-refractivity contribution in [2.75, 3.05) is 20.5 Å². The minimum Gasteiger partial charge on any atom is -0.394 e. The van der Waals surface area contributed by atoms with Gasteiger partial charge in [0.15, 0.2) is 0 Å². The van der Waals surface area contributed by atoms with Gasteiger partial charge in [0.25, 0.3) is 0 Å². The lowest BCUT2D eigenvalue weighted by Gasteiger charge is -2.13. The van der Waals surface area contributed by atoms with E-state index in [1.54, 1.807) is 7.11 Å². The molecule has 0 aliphatic carbocycles. The Hall–Kier alpha value is -0.120. The first kappa shape index (κ1) is 11.9. The molecule has 0 aliphatic heterocycles. The number of rotatable bonds is 8. The van der Waals surface area contributed by atoms with Crippen molar-refractivity contribution in [2.24, 2.45) is 0 Å². The molecule has 0 heterocycles. The molecule has 1 atom stereocenters. The van der Waals surface area contributed by atoms with Gasteiger partial charge < -0.3 is 14.6 Å². The second-order valence-corrected chi connectivity index (χ2v) is 2.87. The predicted octanol–water partition coefficient (Wildman–Crippen LogP) is 1.55. The monoisotopic (exact) mass is 176 g/mol. The van der Waals surface area contributed by atoms with E-state index in [1.165, 1.54) is 12.8 Å². The van der Waals surface area contributed by atoms with Crippen LogP contribution in [-0.2, 0) is 9.47 Å². The average Bonchev–Trinajstić information content (AvgIpc) is 2.11. The van der Waals surface area contributed by atoms with Gasteiger partial charge in [-0.15, -0.1) is 0 Å². The number of methoxy groups -OCH3 is 1. The molecule has 0 aromatic heterocycles. The van der Waals surface area contributed by atoms with Gasteiger partial charge in [0, 0.05) is 7.11 Å². The first-order chi connectivity index (χ1) is 5.85. The Bertz CT molecular complexity index is 85.8. The van der Waals surface area contributed by atoms with Crippen LogP contribution in [0.15, 0.2) is 0 Å². The maximum atomic E-state index is 8.87. The van der Waals surface area contributed by atoms with Gasteiger partial charge >= 0.3 is 0 Å². The van der Waals surface area contributed by atoms with Crippen LogP contribution in [0.25, 0.3) is 0 Å². The first-order valence-electron chi connectivity index (χ1n) is 4.56. The third-order valence-electron chi connectivity index (χ3n) is 1.75. The fraction of sp³-hybridized carbons (Fsp3) is 1.00. The summed E-state index contributed by atoms with van der Waals surface area (Å²) in [4.78, 5) is 0. The molecule has 0 aromatic rings. The van der Waals surface area contributed by atoms with Crippen molar-refractivity contribution in [3.05, 3.63) is 0 Å². The van der Waals surface area contributed by atoms with Gasteiger partial charge in [-0.25, -0.2) is 0 Å². The summed E-state index contributed by atoms with van der Waals surface area (Å²) >= 11 is 0. The standard InChI is InChI=1S/C9H20O3/c1-3-4-5-6-9(7-10)12-8-11-2/h9-10H,3-8H2,1-2H3/t9-/m0/s1. The normalized spacial score (nSPS) is 13.2. The number of aliphatic hydroxyl groups excluding tert-OH is 1. The second kappa shape index (κ2) is 8.97. The molecule has 0 spiro atoms. The molecule has 0 fully saturated rings. The molecular weight excluding hydrogens is 156 g/mol. The average molecular weight is 176 g/mol. The van der Waals surface area contributed by atoms with Crippen LogP contribution in [0, 0.1) is 0 Å². The summed E-state index contributed by atoms with van der Waals surface area (Å²) in [5, 5.41) is 8.87. The number of aliphatic hydroxyl groups is 1. The molecule has 0 amide bonds. The van der Waals surface area contributed by atoms with Crippen molar-refractivity contribution in [3.63, 3.8) is 0 Å². The summed E-state index contributed by atoms with van der Waals surface area (Å²) in [6.45, 7) is 2.52. The van der Waals surface area contributed by atoms with Gasteiger partial charge in [-0.05, 0) is 6.42 Å². The molecular formula is C9H20O3. The minimum atomic E-state index is -0.0449. The zero-order chi connectivity index (χ0) is 9.23. The third-order valence-corrected chi connectivity index (χ3v) is 1.75. The maximum Gasteiger partial charge on any atom is 0.146 e. The summed E-state index contributed by atoms with van der Waals surface area (Å²) in [6, 6.07) is 0. The molecule has 0 radical (unpaired) electrons. The Kier molecular flexibility index (Phi) is 8.88. The van der Waals surface area contributed by atoms with Gasteiger partial charge in [-0.1, -0.05) is 26.2 Å². The van der Waals surface area contributed by atoms with E-state index in [0.717, 1.165) is 12.8 Å². The molecule has 3 heteroatoms. The van der Waals surface area contributed by atoms with E-state index < -0.39 is 0 Å². The van der Waals surface area contributed by atoms with E-state index in [2.05, 4.69) is 6.92 Å². The molecule has 0 aromatic carbocycles. The highest BCUT2D eigenvalue weighted by Gasteiger charge is 2.05. The van der Waals surface area contributed by atoms with Crippen molar-refractivity contribution in [1.82, 2.24) is 0 Å². The molecule has 0 rings (SSSR count). The molecule has 0 aliphatic rings. The highest BCUT2D eigenvalue weighted by atomic mass is 16.7. The molecule has 0 bridgehead atoms. The van der Waals surface area contributed by atoms with Crippen molar-refractivity contribution in [1.29, 1.82) is 0 Å². The van der Waals surface area contributed by atoms with Crippen LogP contribution in [0.2, 0.25) is 0 Å². The van der Waals surface area contributed by atoms with Crippen molar-refractivity contribution >= 4 is 0 Å². The van der Waals surface area contributed by atoms with E-state index >= 15 is 0 Å². The van der Waals surface area contributed by atoms with E-state index in [-0.39, 0.29) is 19.5 Å². The Morgan fingerprint density at radius 2 is 2.08 bits per heavy atom. The number of hydrogen-bond donors (Lipinski definition) is 1. The minimum absolute atomic E-state index is 0.0449. The Balaban J connectivity index is 3.26. The number of ether oxygens (including phenoxy) is 2. The lowest BCUT2D eigenvalue weighted by atomic mass is 10.1. The fourth-order valence-corrected chi connectivity index (χ4v) is 1.01. The van der Waals surface area contributed by atoms with E-state index in [1.807, 2.05) is 0 Å². The summed E-state index contributed by atoms with van der Waals surface area (Å²) in [5.74, 6) is 0. The highest BCUT2D eigenvalue weighted by Crippen LogP contribution is 2.05. The van der Waals surface area contributed by atoms with Crippen LogP contribution in [0.3, 0.4) is 0 Å². The molecule has 3 nitrogen and oxygen atoms in total. The van der Waals surface area contributed by atoms with Crippen LogP contribution < -0.4 is 0 Å². The predicted molar refractivity (Wildman–Crippen MR) is 48.0 cm³/mol. The van der Waals surface area contributed by atoms with E-state index in [4.69, 9.17) is 14.6 Å². The molecule has 12 heavy (non-hydrogen) atoms. The molecule has 1 N–H and O–H groups in total. The second-order valence-electron chi connectivity index (χ2n) is 2.87. The van der Waals surface area contributed by atoms with E-state index in [0.29, 0.717) is 0 Å². The summed E-state index contributed by atoms with van der Waals surface area (Å²) in [5.41, 5.74) is 0. The lowest BCUT2D eigenvalue weighted by molar-refractivity contribution is -0.0898. The van der Waals surface area contributed by atoms with Gasteiger partial charge in [-0.3, -0.25) is 0 Å². The van der Waals surface area contributed by atoms with E-state index in [9.17, 15) is 0 Å². The zero-order valence-electron chi connectivity index (χ0n) is 8.08. The summed E-state index contributed by atoms with van der Waals surface area (Å²) in [7, 11) is 1.58. The largest absolute Gasteiger partial charge is 0.394 e. The van der Waals surface area contributed by atoms with Gasteiger partial charge in [0.1, 0.15) is 6.79 Å². The van der Waals surface area contributed by atoms with Crippen LogP contribution in [0.5, 0.6) is 0 Å². The lowest BCUT2D eigenvalue weighted by Crippen LogP contribution is -2.18. The summed E-state index contributed by atoms with van der Waals surface area (Å²) in [6.07, 6.45) is 4.39. The summed E-state index contributed by atoms with van der Waals surface area (Å²) < 4.78 is 9.96. The smallest absolute Gasteiger partial charge is 0.146 e. The third kappa shape index (κ3) is 6.58.